The van der Waals surface area contributed by atoms with Gasteiger partial charge >= 0.3 is 6.03 Å². The quantitative estimate of drug-likeness (QED) is 0.348. The first kappa shape index (κ1) is 19.9. The highest BCUT2D eigenvalue weighted by molar-refractivity contribution is 5.58. The molecule has 4 aromatic rings. The van der Waals surface area contributed by atoms with Crippen molar-refractivity contribution in [2.45, 2.75) is 26.0 Å². The number of aryl methyl sites for hydroxylation is 1. The van der Waals surface area contributed by atoms with Gasteiger partial charge in [-0.15, -0.1) is 0 Å². The maximum absolute atomic E-state index is 7.06. The second kappa shape index (κ2) is 7.39. The second-order valence-corrected chi connectivity index (χ2v) is 9.03. The van der Waals surface area contributed by atoms with Crippen molar-refractivity contribution < 1.29 is 9.47 Å². The number of nitrogens with zero attached hydrogens (tertiary/aromatic N) is 2. The second-order valence-electron chi connectivity index (χ2n) is 9.03. The number of para-hydroxylation sites is 4. The number of fused-ring (bicyclic) bond motifs is 2. The summed E-state index contributed by atoms with van der Waals surface area (Å²) in [5, 5.41) is 0. The number of anilines is 1. The Hall–Kier alpha value is -3.76. The summed E-state index contributed by atoms with van der Waals surface area (Å²) < 4.78 is 14.5. The molecule has 2 heterocycles. The molecule has 0 aromatic heterocycles. The molecule has 0 bridgehead atoms. The summed E-state index contributed by atoms with van der Waals surface area (Å²) in [5.74, 6) is 1.77. The van der Waals surface area contributed by atoms with Crippen LogP contribution in [0.3, 0.4) is 0 Å². The lowest BCUT2D eigenvalue weighted by atomic mass is 10.0. The van der Waals surface area contributed by atoms with Crippen molar-refractivity contribution in [2.75, 3.05) is 11.9 Å². The van der Waals surface area contributed by atoms with Crippen LogP contribution in [-0.2, 0) is 13.1 Å². The van der Waals surface area contributed by atoms with Crippen LogP contribution in [0.5, 0.6) is 11.5 Å². The Morgan fingerprint density at radius 1 is 0.727 bits per heavy atom. The average molecular weight is 436 g/mol. The molecule has 0 N–H and O–H groups in total. The van der Waals surface area contributed by atoms with Crippen LogP contribution in [-0.4, -0.2) is 13.1 Å². The standard InChI is InChI=1S/C29H27N2O2/c1-22-12-11-14-24-21-31(2,26-17-7-4-8-18-26)29(33-28(22)24)30(25-15-5-3-6-16-25)20-23-13-9-10-19-27(23)32-29/h3-19H,20-21H2,1-2H3/q+1. The Morgan fingerprint density at radius 3 is 2.18 bits per heavy atom. The Bertz CT molecular complexity index is 1310. The molecule has 2 atom stereocenters. The molecule has 6 rings (SSSR count). The number of hydrogen-bond donors (Lipinski definition) is 0. The van der Waals surface area contributed by atoms with Gasteiger partial charge in [-0.3, -0.25) is 0 Å². The molecule has 4 aromatic carbocycles. The molecular formula is C29H27N2O2+. The number of quaternary nitrogens is 1. The molecule has 4 nitrogen and oxygen atoms in total. The van der Waals surface area contributed by atoms with Gasteiger partial charge in [0.05, 0.1) is 13.6 Å². The van der Waals surface area contributed by atoms with Crippen molar-refractivity contribution in [3.8, 4) is 11.5 Å². The largest absolute Gasteiger partial charge is 0.509 e. The molecule has 0 saturated carbocycles. The van der Waals surface area contributed by atoms with Crippen LogP contribution in [0.25, 0.3) is 0 Å². The minimum Gasteiger partial charge on any atom is -0.388 e. The van der Waals surface area contributed by atoms with Crippen LogP contribution in [0.15, 0.2) is 103 Å². The topological polar surface area (TPSA) is 21.7 Å². The highest BCUT2D eigenvalue weighted by Gasteiger charge is 2.65. The SMILES string of the molecule is Cc1cccc2c1OC1(Oc3ccccc3CN1c1ccccc1)[N+](C)(c1ccccc1)C2. The van der Waals surface area contributed by atoms with E-state index in [1.807, 2.05) is 18.2 Å². The zero-order chi connectivity index (χ0) is 22.5. The molecule has 2 unspecified atom stereocenters. The van der Waals surface area contributed by atoms with Crippen LogP contribution in [0, 0.1) is 6.92 Å². The van der Waals surface area contributed by atoms with E-state index in [0.717, 1.165) is 40.5 Å². The summed E-state index contributed by atoms with van der Waals surface area (Å²) in [6.07, 6.45) is 0. The maximum Gasteiger partial charge on any atom is 0.509 e. The van der Waals surface area contributed by atoms with E-state index in [2.05, 4.69) is 104 Å². The molecule has 0 amide bonds. The van der Waals surface area contributed by atoms with Crippen molar-refractivity contribution in [3.63, 3.8) is 0 Å². The molecule has 164 valence electrons. The van der Waals surface area contributed by atoms with E-state index in [0.29, 0.717) is 11.0 Å². The molecule has 2 aliphatic heterocycles. The van der Waals surface area contributed by atoms with Gasteiger partial charge in [0.15, 0.2) is 0 Å². The third-order valence-corrected chi connectivity index (χ3v) is 6.92. The van der Waals surface area contributed by atoms with Crippen molar-refractivity contribution in [2.24, 2.45) is 0 Å². The number of hydrogen-bond acceptors (Lipinski definition) is 3. The smallest absolute Gasteiger partial charge is 0.388 e. The first-order valence-electron chi connectivity index (χ1n) is 11.4. The highest BCUT2D eigenvalue weighted by atomic mass is 16.8. The van der Waals surface area contributed by atoms with Gasteiger partial charge in [-0.1, -0.05) is 66.7 Å². The summed E-state index contributed by atoms with van der Waals surface area (Å²) in [6.45, 7) is 3.53. The van der Waals surface area contributed by atoms with E-state index in [4.69, 9.17) is 9.47 Å². The molecule has 0 saturated heterocycles. The Kier molecular flexibility index (Phi) is 4.46. The van der Waals surface area contributed by atoms with Gasteiger partial charge in [-0.25, -0.2) is 4.90 Å². The zero-order valence-corrected chi connectivity index (χ0v) is 18.9. The van der Waals surface area contributed by atoms with Gasteiger partial charge in [0.1, 0.15) is 23.7 Å². The van der Waals surface area contributed by atoms with Gasteiger partial charge in [-0.05, 0) is 48.9 Å². The normalized spacial score (nSPS) is 23.3. The minimum atomic E-state index is -1.11. The third kappa shape index (κ3) is 2.95. The van der Waals surface area contributed by atoms with Crippen LogP contribution < -0.4 is 18.9 Å². The van der Waals surface area contributed by atoms with E-state index in [1.165, 1.54) is 5.56 Å². The Morgan fingerprint density at radius 2 is 1.39 bits per heavy atom. The number of ether oxygens (including phenoxy) is 2. The summed E-state index contributed by atoms with van der Waals surface area (Å²) in [6, 6.07) is 34.5. The van der Waals surface area contributed by atoms with Crippen molar-refractivity contribution >= 4 is 11.4 Å². The van der Waals surface area contributed by atoms with E-state index in [9.17, 15) is 0 Å². The van der Waals surface area contributed by atoms with Gasteiger partial charge in [0, 0.05) is 16.8 Å². The van der Waals surface area contributed by atoms with Crippen LogP contribution in [0.1, 0.15) is 16.7 Å². The third-order valence-electron chi connectivity index (χ3n) is 6.92. The maximum atomic E-state index is 7.06. The minimum absolute atomic E-state index is 0.424. The van der Waals surface area contributed by atoms with Crippen molar-refractivity contribution in [3.05, 3.63) is 120 Å². The van der Waals surface area contributed by atoms with Crippen molar-refractivity contribution in [1.82, 2.24) is 4.48 Å². The van der Waals surface area contributed by atoms with Gasteiger partial charge in [0.25, 0.3) is 0 Å². The Labute approximate surface area is 194 Å². The zero-order valence-electron chi connectivity index (χ0n) is 18.9. The van der Waals surface area contributed by atoms with Crippen LogP contribution >= 0.6 is 0 Å². The predicted molar refractivity (Wildman–Crippen MR) is 132 cm³/mol. The Balaban J connectivity index is 1.65. The molecule has 1 spiro atoms. The number of rotatable bonds is 2. The van der Waals surface area contributed by atoms with E-state index < -0.39 is 6.03 Å². The fourth-order valence-electron chi connectivity index (χ4n) is 5.18. The van der Waals surface area contributed by atoms with Gasteiger partial charge in [-0.2, -0.15) is 4.48 Å². The molecule has 4 heteroatoms. The fraction of sp³-hybridized carbons (Fsp3) is 0.172. The highest BCUT2D eigenvalue weighted by Crippen LogP contribution is 2.49. The summed E-state index contributed by atoms with van der Waals surface area (Å²) >= 11 is 0. The van der Waals surface area contributed by atoms with Gasteiger partial charge < -0.3 is 9.47 Å². The van der Waals surface area contributed by atoms with Crippen LogP contribution in [0.4, 0.5) is 11.4 Å². The molecule has 0 fully saturated rings. The molecule has 33 heavy (non-hydrogen) atoms. The summed E-state index contributed by atoms with van der Waals surface area (Å²) in [4.78, 5) is 2.28. The van der Waals surface area contributed by atoms with E-state index in [-0.39, 0.29) is 0 Å². The van der Waals surface area contributed by atoms with Crippen molar-refractivity contribution in [1.29, 1.82) is 0 Å². The fourth-order valence-corrected chi connectivity index (χ4v) is 5.18. The lowest BCUT2D eigenvalue weighted by molar-refractivity contribution is -0.230. The van der Waals surface area contributed by atoms with E-state index in [1.54, 1.807) is 0 Å². The molecule has 0 aliphatic carbocycles. The van der Waals surface area contributed by atoms with E-state index >= 15 is 0 Å². The monoisotopic (exact) mass is 435 g/mol. The predicted octanol–water partition coefficient (Wildman–Crippen LogP) is 6.24. The summed E-state index contributed by atoms with van der Waals surface area (Å²) in [5.41, 5.74) is 5.63. The molecule has 0 radical (unpaired) electrons. The van der Waals surface area contributed by atoms with Crippen LogP contribution in [0.2, 0.25) is 0 Å². The molecule has 2 aliphatic rings. The number of benzene rings is 4. The average Bonchev–Trinajstić information content (AvgIpc) is 2.86. The first-order chi connectivity index (χ1) is 16.1. The van der Waals surface area contributed by atoms with Gasteiger partial charge in [0.2, 0.25) is 0 Å². The lowest BCUT2D eigenvalue weighted by Crippen LogP contribution is -2.79. The lowest BCUT2D eigenvalue weighted by Gasteiger charge is -2.56. The molecular weight excluding hydrogens is 408 g/mol. The first-order valence-corrected chi connectivity index (χ1v) is 11.4. The summed E-state index contributed by atoms with van der Waals surface area (Å²) in [7, 11) is 2.21.